The molecule has 1 aliphatic carbocycles. The monoisotopic (exact) mass is 257 g/mol. The third kappa shape index (κ3) is 3.01. The summed E-state index contributed by atoms with van der Waals surface area (Å²) in [5.74, 6) is 0. The van der Waals surface area contributed by atoms with E-state index in [0.717, 1.165) is 25.4 Å². The maximum atomic E-state index is 3.53. The highest BCUT2D eigenvalue weighted by atomic mass is 32.1. The average Bonchev–Trinajstić information content (AvgIpc) is 3.14. The summed E-state index contributed by atoms with van der Waals surface area (Å²) in [5, 5.41) is 7.24. The van der Waals surface area contributed by atoms with Crippen LogP contribution < -0.4 is 5.32 Å². The van der Waals surface area contributed by atoms with Crippen molar-refractivity contribution in [1.29, 1.82) is 0 Å². The van der Waals surface area contributed by atoms with Crippen molar-refractivity contribution in [3.05, 3.63) is 47.4 Å². The maximum Gasteiger partial charge on any atom is 0.0345 e. The lowest BCUT2D eigenvalue weighted by Crippen LogP contribution is -2.16. The molecule has 0 aliphatic heterocycles. The van der Waals surface area contributed by atoms with E-state index in [2.05, 4.69) is 47.1 Å². The fourth-order valence-electron chi connectivity index (χ4n) is 2.18. The van der Waals surface area contributed by atoms with E-state index in [4.69, 9.17) is 0 Å². The second-order valence-electron chi connectivity index (χ2n) is 4.95. The zero-order valence-electron chi connectivity index (χ0n) is 10.6. The molecule has 1 aliphatic rings. The first kappa shape index (κ1) is 11.9. The van der Waals surface area contributed by atoms with Crippen LogP contribution in [-0.2, 0) is 6.42 Å². The number of allylic oxidation sites excluding steroid dienone is 1. The minimum Gasteiger partial charge on any atom is -0.314 e. The van der Waals surface area contributed by atoms with Gasteiger partial charge in [-0.1, -0.05) is 30.4 Å². The van der Waals surface area contributed by atoms with E-state index in [1.54, 1.807) is 0 Å². The van der Waals surface area contributed by atoms with Crippen LogP contribution >= 0.6 is 11.3 Å². The lowest BCUT2D eigenvalue weighted by Gasteiger charge is -1.97. The van der Waals surface area contributed by atoms with Gasteiger partial charge in [0.05, 0.1) is 0 Å². The zero-order chi connectivity index (χ0) is 12.2. The van der Waals surface area contributed by atoms with Crippen molar-refractivity contribution in [3.8, 4) is 0 Å². The maximum absolute atomic E-state index is 3.53. The van der Waals surface area contributed by atoms with Crippen LogP contribution in [0.2, 0.25) is 0 Å². The molecule has 0 unspecified atom stereocenters. The Hall–Kier alpha value is -1.12. The van der Waals surface area contributed by atoms with E-state index in [1.165, 1.54) is 28.5 Å². The Morgan fingerprint density at radius 2 is 2.11 bits per heavy atom. The molecular formula is C16H19NS. The number of rotatable bonds is 6. The molecule has 0 bridgehead atoms. The Morgan fingerprint density at radius 3 is 3.00 bits per heavy atom. The van der Waals surface area contributed by atoms with Crippen LogP contribution in [0.15, 0.2) is 41.8 Å². The van der Waals surface area contributed by atoms with Gasteiger partial charge in [-0.05, 0) is 54.6 Å². The van der Waals surface area contributed by atoms with Gasteiger partial charge in [-0.2, -0.15) is 0 Å². The Bertz CT molecular complexity index is 537. The highest BCUT2D eigenvalue weighted by molar-refractivity contribution is 7.17. The summed E-state index contributed by atoms with van der Waals surface area (Å²) in [7, 11) is 0. The standard InChI is InChI=1S/C16H19NS/c1(5-11-17-14-9-10-14)2-6-13-12-18-16-8-4-3-7-15(13)16/h1-4,7-8,12,14,17H,5-6,9-11H2. The van der Waals surface area contributed by atoms with Crippen LogP contribution in [0, 0.1) is 0 Å². The Labute approximate surface area is 113 Å². The van der Waals surface area contributed by atoms with Gasteiger partial charge in [0.2, 0.25) is 0 Å². The molecule has 1 N–H and O–H groups in total. The smallest absolute Gasteiger partial charge is 0.0345 e. The van der Waals surface area contributed by atoms with Gasteiger partial charge in [0, 0.05) is 10.7 Å². The quantitative estimate of drug-likeness (QED) is 0.606. The summed E-state index contributed by atoms with van der Waals surface area (Å²) < 4.78 is 1.40. The molecule has 1 aromatic carbocycles. The SMILES string of the molecule is C(=CCc1csc2ccccc12)CCNC1CC1. The van der Waals surface area contributed by atoms with Crippen molar-refractivity contribution in [2.75, 3.05) is 6.54 Å². The molecule has 2 aromatic rings. The summed E-state index contributed by atoms with van der Waals surface area (Å²) in [6.45, 7) is 1.13. The highest BCUT2D eigenvalue weighted by Gasteiger charge is 2.19. The van der Waals surface area contributed by atoms with Gasteiger partial charge in [0.15, 0.2) is 0 Å². The summed E-state index contributed by atoms with van der Waals surface area (Å²) in [5.41, 5.74) is 1.46. The Kier molecular flexibility index (Phi) is 3.77. The van der Waals surface area contributed by atoms with E-state index in [-0.39, 0.29) is 0 Å². The summed E-state index contributed by atoms with van der Waals surface area (Å²) in [6, 6.07) is 9.50. The number of hydrogen-bond donors (Lipinski definition) is 1. The predicted octanol–water partition coefficient (Wildman–Crippen LogP) is 4.14. The number of nitrogens with one attached hydrogen (secondary N) is 1. The number of benzene rings is 1. The zero-order valence-corrected chi connectivity index (χ0v) is 11.4. The first-order valence-electron chi connectivity index (χ1n) is 6.77. The predicted molar refractivity (Wildman–Crippen MR) is 80.3 cm³/mol. The lowest BCUT2D eigenvalue weighted by atomic mass is 10.1. The van der Waals surface area contributed by atoms with Crippen molar-refractivity contribution in [3.63, 3.8) is 0 Å². The molecular weight excluding hydrogens is 238 g/mol. The minimum absolute atomic E-state index is 0.833. The first-order chi connectivity index (χ1) is 8.93. The molecule has 2 heteroatoms. The van der Waals surface area contributed by atoms with Crippen LogP contribution in [0.3, 0.4) is 0 Å². The van der Waals surface area contributed by atoms with Crippen LogP contribution in [0.25, 0.3) is 10.1 Å². The largest absolute Gasteiger partial charge is 0.314 e. The molecule has 1 heterocycles. The van der Waals surface area contributed by atoms with Crippen molar-refractivity contribution in [2.45, 2.75) is 31.7 Å². The van der Waals surface area contributed by atoms with E-state index in [9.17, 15) is 0 Å². The third-order valence-electron chi connectivity index (χ3n) is 3.39. The molecule has 0 amide bonds. The summed E-state index contributed by atoms with van der Waals surface area (Å²) in [6.07, 6.45) is 9.59. The summed E-state index contributed by atoms with van der Waals surface area (Å²) in [4.78, 5) is 0. The van der Waals surface area contributed by atoms with Gasteiger partial charge in [-0.15, -0.1) is 11.3 Å². The van der Waals surface area contributed by atoms with Crippen LogP contribution in [0.5, 0.6) is 0 Å². The fourth-order valence-corrected chi connectivity index (χ4v) is 3.15. The third-order valence-corrected chi connectivity index (χ3v) is 4.40. The van der Waals surface area contributed by atoms with E-state index < -0.39 is 0 Å². The van der Waals surface area contributed by atoms with Crippen LogP contribution in [0.1, 0.15) is 24.8 Å². The van der Waals surface area contributed by atoms with Crippen molar-refractivity contribution in [1.82, 2.24) is 5.32 Å². The minimum atomic E-state index is 0.833. The van der Waals surface area contributed by atoms with E-state index >= 15 is 0 Å². The molecule has 94 valence electrons. The number of fused-ring (bicyclic) bond motifs is 1. The molecule has 3 rings (SSSR count). The van der Waals surface area contributed by atoms with Gasteiger partial charge >= 0.3 is 0 Å². The molecule has 18 heavy (non-hydrogen) atoms. The summed E-state index contributed by atoms with van der Waals surface area (Å²) >= 11 is 1.85. The van der Waals surface area contributed by atoms with Gasteiger partial charge in [0.1, 0.15) is 0 Å². The Balaban J connectivity index is 1.50. The molecule has 1 saturated carbocycles. The molecule has 1 fully saturated rings. The normalized spacial score (nSPS) is 15.8. The molecule has 0 radical (unpaired) electrons. The fraction of sp³-hybridized carbons (Fsp3) is 0.375. The second-order valence-corrected chi connectivity index (χ2v) is 5.86. The van der Waals surface area contributed by atoms with Crippen molar-refractivity contribution < 1.29 is 0 Å². The topological polar surface area (TPSA) is 12.0 Å². The van der Waals surface area contributed by atoms with Crippen molar-refractivity contribution >= 4 is 21.4 Å². The molecule has 0 spiro atoms. The van der Waals surface area contributed by atoms with Crippen LogP contribution in [-0.4, -0.2) is 12.6 Å². The molecule has 0 saturated heterocycles. The van der Waals surface area contributed by atoms with E-state index in [1.807, 2.05) is 11.3 Å². The van der Waals surface area contributed by atoms with E-state index in [0.29, 0.717) is 0 Å². The molecule has 1 aromatic heterocycles. The number of hydrogen-bond acceptors (Lipinski definition) is 2. The number of thiophene rings is 1. The highest BCUT2D eigenvalue weighted by Crippen LogP contribution is 2.26. The van der Waals surface area contributed by atoms with Crippen molar-refractivity contribution in [2.24, 2.45) is 0 Å². The molecule has 0 atom stereocenters. The second kappa shape index (κ2) is 5.68. The average molecular weight is 257 g/mol. The lowest BCUT2D eigenvalue weighted by molar-refractivity contribution is 0.690. The molecule has 1 nitrogen and oxygen atoms in total. The van der Waals surface area contributed by atoms with Gasteiger partial charge in [-0.3, -0.25) is 0 Å². The van der Waals surface area contributed by atoms with Gasteiger partial charge in [0.25, 0.3) is 0 Å². The van der Waals surface area contributed by atoms with Gasteiger partial charge < -0.3 is 5.32 Å². The first-order valence-corrected chi connectivity index (χ1v) is 7.65. The Morgan fingerprint density at radius 1 is 1.22 bits per heavy atom. The van der Waals surface area contributed by atoms with Gasteiger partial charge in [-0.25, -0.2) is 0 Å². The van der Waals surface area contributed by atoms with Crippen LogP contribution in [0.4, 0.5) is 0 Å².